The van der Waals surface area contributed by atoms with E-state index >= 15 is 0 Å². The molecule has 2 heterocycles. The lowest BCUT2D eigenvalue weighted by Gasteiger charge is -2.14. The van der Waals surface area contributed by atoms with Gasteiger partial charge in [0.1, 0.15) is 17.2 Å². The number of furan rings is 1. The average Bonchev–Trinajstić information content (AvgIpc) is 3.33. The highest BCUT2D eigenvalue weighted by atomic mass is 35.5. The summed E-state index contributed by atoms with van der Waals surface area (Å²) >= 11 is 6.01. The summed E-state index contributed by atoms with van der Waals surface area (Å²) in [6.07, 6.45) is 1.57. The summed E-state index contributed by atoms with van der Waals surface area (Å²) in [5, 5.41) is 3.67. The first kappa shape index (κ1) is 20.8. The van der Waals surface area contributed by atoms with Gasteiger partial charge in [0.05, 0.1) is 24.5 Å². The highest BCUT2D eigenvalue weighted by Gasteiger charge is 2.39. The van der Waals surface area contributed by atoms with Gasteiger partial charge in [-0.15, -0.1) is 0 Å². The molecule has 0 saturated carbocycles. The third-order valence-electron chi connectivity index (χ3n) is 4.69. The maximum Gasteiger partial charge on any atom is 0.278 e. The van der Waals surface area contributed by atoms with Crippen molar-refractivity contribution in [2.24, 2.45) is 0 Å². The number of rotatable bonds is 7. The minimum absolute atomic E-state index is 0.0497. The van der Waals surface area contributed by atoms with Crippen LogP contribution in [0.15, 0.2) is 77.0 Å². The first-order valence-corrected chi connectivity index (χ1v) is 10.2. The summed E-state index contributed by atoms with van der Waals surface area (Å²) < 4.78 is 11.0. The molecule has 6 nitrogen and oxygen atoms in total. The highest BCUT2D eigenvalue weighted by molar-refractivity contribution is 6.36. The molecule has 1 N–H and O–H groups in total. The highest BCUT2D eigenvalue weighted by Crippen LogP contribution is 2.32. The van der Waals surface area contributed by atoms with Crippen LogP contribution in [0.1, 0.15) is 25.2 Å². The first-order valence-electron chi connectivity index (χ1n) is 9.85. The number of ether oxygens (including phenoxy) is 1. The molecular formula is C24H21ClN2O4. The zero-order valence-electron chi connectivity index (χ0n) is 17.1. The van der Waals surface area contributed by atoms with E-state index in [1.807, 2.05) is 26.0 Å². The largest absolute Gasteiger partial charge is 0.491 e. The van der Waals surface area contributed by atoms with Gasteiger partial charge in [0, 0.05) is 10.7 Å². The second kappa shape index (κ2) is 8.70. The van der Waals surface area contributed by atoms with Crippen LogP contribution in [0.5, 0.6) is 5.75 Å². The molecule has 0 spiro atoms. The molecule has 0 saturated heterocycles. The second-order valence-corrected chi connectivity index (χ2v) is 7.79. The van der Waals surface area contributed by atoms with Crippen LogP contribution in [-0.4, -0.2) is 22.8 Å². The minimum atomic E-state index is -0.422. The second-order valence-electron chi connectivity index (χ2n) is 7.35. The maximum absolute atomic E-state index is 13.2. The number of halogens is 1. The van der Waals surface area contributed by atoms with Gasteiger partial charge in [-0.2, -0.15) is 0 Å². The molecule has 31 heavy (non-hydrogen) atoms. The predicted molar refractivity (Wildman–Crippen MR) is 118 cm³/mol. The Balaban J connectivity index is 1.68. The summed E-state index contributed by atoms with van der Waals surface area (Å²) in [6.45, 7) is 3.95. The zero-order chi connectivity index (χ0) is 22.0. The van der Waals surface area contributed by atoms with Gasteiger partial charge in [-0.25, -0.2) is 0 Å². The van der Waals surface area contributed by atoms with Crippen LogP contribution in [0.4, 0.5) is 5.69 Å². The van der Waals surface area contributed by atoms with Crippen LogP contribution in [-0.2, 0) is 16.1 Å². The van der Waals surface area contributed by atoms with Crippen molar-refractivity contribution in [3.05, 3.63) is 89.0 Å². The van der Waals surface area contributed by atoms with E-state index in [0.717, 1.165) is 5.75 Å². The van der Waals surface area contributed by atoms with Gasteiger partial charge >= 0.3 is 0 Å². The molecule has 2 aromatic carbocycles. The molecule has 2 amide bonds. The smallest absolute Gasteiger partial charge is 0.278 e. The average molecular weight is 437 g/mol. The summed E-state index contributed by atoms with van der Waals surface area (Å²) in [5.74, 6) is 0.425. The minimum Gasteiger partial charge on any atom is -0.491 e. The Bertz CT molecular complexity index is 1120. The maximum atomic E-state index is 13.2. The van der Waals surface area contributed by atoms with Crippen LogP contribution in [0.2, 0.25) is 5.02 Å². The Morgan fingerprint density at radius 3 is 2.32 bits per heavy atom. The monoisotopic (exact) mass is 436 g/mol. The van der Waals surface area contributed by atoms with E-state index < -0.39 is 11.8 Å². The Hall–Kier alpha value is -3.51. The topological polar surface area (TPSA) is 71.8 Å². The van der Waals surface area contributed by atoms with Crippen LogP contribution < -0.4 is 10.1 Å². The van der Waals surface area contributed by atoms with Crippen LogP contribution in [0.25, 0.3) is 5.57 Å². The molecule has 0 fully saturated rings. The lowest BCUT2D eigenvalue weighted by molar-refractivity contribution is -0.137. The quantitative estimate of drug-likeness (QED) is 0.521. The van der Waals surface area contributed by atoms with E-state index in [1.54, 1.807) is 48.5 Å². The number of imide groups is 1. The third-order valence-corrected chi connectivity index (χ3v) is 4.94. The van der Waals surface area contributed by atoms with E-state index in [0.29, 0.717) is 22.0 Å². The van der Waals surface area contributed by atoms with Crippen LogP contribution >= 0.6 is 11.6 Å². The third kappa shape index (κ3) is 4.49. The molecule has 0 bridgehead atoms. The van der Waals surface area contributed by atoms with E-state index in [1.165, 1.54) is 11.2 Å². The number of amides is 2. The summed E-state index contributed by atoms with van der Waals surface area (Å²) in [4.78, 5) is 27.6. The number of carbonyl (C=O) groups is 2. The van der Waals surface area contributed by atoms with Crippen molar-refractivity contribution in [1.82, 2.24) is 4.90 Å². The molecule has 1 aromatic heterocycles. The van der Waals surface area contributed by atoms with E-state index in [2.05, 4.69) is 5.32 Å². The van der Waals surface area contributed by atoms with E-state index in [-0.39, 0.29) is 23.9 Å². The van der Waals surface area contributed by atoms with Crippen molar-refractivity contribution in [1.29, 1.82) is 0 Å². The number of nitrogens with zero attached hydrogens (tertiary/aromatic N) is 1. The first-order chi connectivity index (χ1) is 14.9. The van der Waals surface area contributed by atoms with Gasteiger partial charge in [-0.05, 0) is 67.9 Å². The van der Waals surface area contributed by atoms with Gasteiger partial charge < -0.3 is 14.5 Å². The Morgan fingerprint density at radius 2 is 1.71 bits per heavy atom. The number of benzene rings is 2. The molecule has 0 aliphatic carbocycles. The molecule has 0 atom stereocenters. The van der Waals surface area contributed by atoms with Gasteiger partial charge in [-0.1, -0.05) is 23.7 Å². The molecule has 7 heteroatoms. The molecule has 1 aliphatic rings. The van der Waals surface area contributed by atoms with Crippen molar-refractivity contribution < 1.29 is 18.7 Å². The van der Waals surface area contributed by atoms with Crippen molar-refractivity contribution in [3.8, 4) is 5.75 Å². The summed E-state index contributed by atoms with van der Waals surface area (Å²) in [7, 11) is 0. The van der Waals surface area contributed by atoms with Crippen LogP contribution in [0, 0.1) is 0 Å². The van der Waals surface area contributed by atoms with Crippen molar-refractivity contribution in [3.63, 3.8) is 0 Å². The lowest BCUT2D eigenvalue weighted by Crippen LogP contribution is -2.31. The molecule has 158 valence electrons. The standard InChI is InChI=1S/C24H21ClN2O4/c1-15(2)31-19-11-9-18(10-12-19)26-22-21(16-5-7-17(25)8-6-16)23(28)27(24(22)29)14-20-4-3-13-30-20/h3-13,15,26H,14H2,1-2H3. The van der Waals surface area contributed by atoms with Gasteiger partial charge in [0.25, 0.3) is 11.8 Å². The summed E-state index contributed by atoms with van der Waals surface area (Å²) in [6, 6.07) is 17.5. The number of hydrogen-bond acceptors (Lipinski definition) is 5. The Labute approximate surface area is 185 Å². The normalized spacial score (nSPS) is 14.0. The molecule has 4 rings (SSSR count). The number of anilines is 1. The summed E-state index contributed by atoms with van der Waals surface area (Å²) in [5.41, 5.74) is 1.76. The van der Waals surface area contributed by atoms with Crippen molar-refractivity contribution >= 4 is 34.7 Å². The Morgan fingerprint density at radius 1 is 1.00 bits per heavy atom. The number of nitrogens with one attached hydrogen (secondary N) is 1. The van der Waals surface area contributed by atoms with E-state index in [4.69, 9.17) is 20.8 Å². The predicted octanol–water partition coefficient (Wildman–Crippen LogP) is 5.11. The molecule has 1 aliphatic heterocycles. The van der Waals surface area contributed by atoms with Gasteiger partial charge in [0.15, 0.2) is 0 Å². The fourth-order valence-corrected chi connectivity index (χ4v) is 3.44. The van der Waals surface area contributed by atoms with Crippen LogP contribution in [0.3, 0.4) is 0 Å². The molecular weight excluding hydrogens is 416 g/mol. The van der Waals surface area contributed by atoms with Crippen molar-refractivity contribution in [2.45, 2.75) is 26.5 Å². The van der Waals surface area contributed by atoms with Crippen molar-refractivity contribution in [2.75, 3.05) is 5.32 Å². The fourth-order valence-electron chi connectivity index (χ4n) is 3.31. The number of carbonyl (C=O) groups excluding carboxylic acids is 2. The molecule has 0 unspecified atom stereocenters. The SMILES string of the molecule is CC(C)Oc1ccc(NC2=C(c3ccc(Cl)cc3)C(=O)N(Cc3ccco3)C2=O)cc1. The van der Waals surface area contributed by atoms with Gasteiger partial charge in [-0.3, -0.25) is 14.5 Å². The van der Waals surface area contributed by atoms with E-state index in [9.17, 15) is 9.59 Å². The number of hydrogen-bond donors (Lipinski definition) is 1. The molecule has 3 aromatic rings. The Kier molecular flexibility index (Phi) is 5.82. The fraction of sp³-hybridized carbons (Fsp3) is 0.167. The zero-order valence-corrected chi connectivity index (χ0v) is 17.8. The molecule has 0 radical (unpaired) electrons. The lowest BCUT2D eigenvalue weighted by atomic mass is 10.0. The van der Waals surface area contributed by atoms with Gasteiger partial charge in [0.2, 0.25) is 0 Å².